The van der Waals surface area contributed by atoms with E-state index in [9.17, 15) is 0 Å². The predicted molar refractivity (Wildman–Crippen MR) is 77.8 cm³/mol. The maximum absolute atomic E-state index is 5.64. The molecule has 3 rings (SSSR count). The molecule has 102 valence electrons. The van der Waals surface area contributed by atoms with Crippen LogP contribution < -0.4 is 10.6 Å². The maximum Gasteiger partial charge on any atom is 0.177 e. The van der Waals surface area contributed by atoms with Crippen molar-refractivity contribution in [2.45, 2.75) is 38.5 Å². The number of unbranched alkanes of at least 4 members (excludes halogenated alkanes) is 2. The Morgan fingerprint density at radius 3 is 3.05 bits per heavy atom. The van der Waals surface area contributed by atoms with Gasteiger partial charge in [-0.2, -0.15) is 0 Å². The van der Waals surface area contributed by atoms with Gasteiger partial charge in [-0.05, 0) is 30.7 Å². The average molecular weight is 258 g/mol. The van der Waals surface area contributed by atoms with E-state index < -0.39 is 0 Å². The van der Waals surface area contributed by atoms with Gasteiger partial charge in [-0.25, -0.2) is 0 Å². The molecule has 3 heteroatoms. The van der Waals surface area contributed by atoms with E-state index in [-0.39, 0.29) is 6.23 Å². The van der Waals surface area contributed by atoms with E-state index in [1.165, 1.54) is 30.5 Å². The Kier molecular flexibility index (Phi) is 3.74. The highest BCUT2D eigenvalue weighted by molar-refractivity contribution is 5.56. The monoisotopic (exact) mass is 258 g/mol. The van der Waals surface area contributed by atoms with Gasteiger partial charge in [-0.1, -0.05) is 38.0 Å². The van der Waals surface area contributed by atoms with Crippen LogP contribution >= 0.6 is 0 Å². The van der Waals surface area contributed by atoms with Gasteiger partial charge >= 0.3 is 0 Å². The maximum atomic E-state index is 5.64. The molecule has 1 aromatic carbocycles. The number of para-hydroxylation sites is 1. The van der Waals surface area contributed by atoms with E-state index >= 15 is 0 Å². The van der Waals surface area contributed by atoms with E-state index in [0.29, 0.717) is 12.0 Å². The Morgan fingerprint density at radius 1 is 1.26 bits per heavy atom. The van der Waals surface area contributed by atoms with Crippen molar-refractivity contribution in [2.24, 2.45) is 5.92 Å². The lowest BCUT2D eigenvalue weighted by Gasteiger charge is -2.36. The van der Waals surface area contributed by atoms with Crippen LogP contribution in [0.5, 0.6) is 0 Å². The summed E-state index contributed by atoms with van der Waals surface area (Å²) >= 11 is 0. The third kappa shape index (κ3) is 2.47. The van der Waals surface area contributed by atoms with Crippen LogP contribution in [-0.4, -0.2) is 12.8 Å². The van der Waals surface area contributed by atoms with Crippen LogP contribution in [0.2, 0.25) is 0 Å². The second-order valence-electron chi connectivity index (χ2n) is 5.33. The lowest BCUT2D eigenvalue weighted by Crippen LogP contribution is -2.41. The van der Waals surface area contributed by atoms with Gasteiger partial charge in [0.25, 0.3) is 0 Å². The molecular weight excluding hydrogens is 236 g/mol. The van der Waals surface area contributed by atoms with Gasteiger partial charge in [0.1, 0.15) is 0 Å². The summed E-state index contributed by atoms with van der Waals surface area (Å²) < 4.78 is 5.64. The zero-order valence-electron chi connectivity index (χ0n) is 11.4. The van der Waals surface area contributed by atoms with Crippen molar-refractivity contribution in [1.82, 2.24) is 5.32 Å². The van der Waals surface area contributed by atoms with Crippen molar-refractivity contribution in [3.05, 3.63) is 42.2 Å². The van der Waals surface area contributed by atoms with Crippen LogP contribution in [0.25, 0.3) is 0 Å². The summed E-state index contributed by atoms with van der Waals surface area (Å²) in [5.74, 6) is 0.386. The van der Waals surface area contributed by atoms with Crippen LogP contribution in [0.4, 0.5) is 5.69 Å². The lowest BCUT2D eigenvalue weighted by molar-refractivity contribution is 0.135. The zero-order valence-corrected chi connectivity index (χ0v) is 11.4. The molecule has 0 amide bonds. The van der Waals surface area contributed by atoms with Crippen molar-refractivity contribution in [3.8, 4) is 0 Å². The summed E-state index contributed by atoms with van der Waals surface area (Å²) in [5, 5.41) is 7.18. The van der Waals surface area contributed by atoms with Gasteiger partial charge in [0, 0.05) is 11.7 Å². The molecule has 2 aliphatic rings. The summed E-state index contributed by atoms with van der Waals surface area (Å²) in [7, 11) is 0. The number of ether oxygens (including phenoxy) is 1. The smallest absolute Gasteiger partial charge is 0.177 e. The number of hydrogen-bond donors (Lipinski definition) is 2. The van der Waals surface area contributed by atoms with Gasteiger partial charge < -0.3 is 15.4 Å². The van der Waals surface area contributed by atoms with E-state index in [1.807, 2.05) is 6.26 Å². The fraction of sp³-hybridized carbons (Fsp3) is 0.500. The van der Waals surface area contributed by atoms with Gasteiger partial charge in [0.2, 0.25) is 0 Å². The molecule has 0 saturated carbocycles. The highest BCUT2D eigenvalue weighted by Crippen LogP contribution is 2.40. The lowest BCUT2D eigenvalue weighted by atomic mass is 9.87. The molecule has 0 bridgehead atoms. The van der Waals surface area contributed by atoms with Crippen LogP contribution in [0, 0.1) is 5.92 Å². The number of hydrogen-bond acceptors (Lipinski definition) is 3. The van der Waals surface area contributed by atoms with E-state index in [4.69, 9.17) is 4.74 Å². The third-order valence-corrected chi connectivity index (χ3v) is 4.00. The van der Waals surface area contributed by atoms with Crippen LogP contribution in [0.3, 0.4) is 0 Å². The number of fused-ring (bicyclic) bond motifs is 2. The first-order valence-electron chi connectivity index (χ1n) is 7.31. The Bertz CT molecular complexity index is 458. The summed E-state index contributed by atoms with van der Waals surface area (Å²) in [5.41, 5.74) is 2.55. The molecule has 19 heavy (non-hydrogen) atoms. The molecule has 0 fully saturated rings. The number of rotatable bonds is 5. The average Bonchev–Trinajstić information content (AvgIpc) is 2.90. The summed E-state index contributed by atoms with van der Waals surface area (Å²) in [6.07, 6.45) is 7.88. The number of anilines is 1. The minimum absolute atomic E-state index is 0.0820. The minimum Gasteiger partial charge on any atom is -0.478 e. The van der Waals surface area contributed by atoms with Gasteiger partial charge in [0.05, 0.1) is 12.2 Å². The Labute approximate surface area is 115 Å². The molecule has 0 saturated heterocycles. The molecule has 3 atom stereocenters. The third-order valence-electron chi connectivity index (χ3n) is 4.00. The SMILES string of the molecule is CCCCCNC1c2ccccc2NC2OC=CC21. The molecule has 2 aliphatic heterocycles. The Morgan fingerprint density at radius 2 is 2.16 bits per heavy atom. The van der Waals surface area contributed by atoms with Crippen molar-refractivity contribution in [2.75, 3.05) is 11.9 Å². The molecule has 0 radical (unpaired) electrons. The number of benzene rings is 1. The van der Waals surface area contributed by atoms with E-state index in [0.717, 1.165) is 6.54 Å². The normalized spacial score (nSPS) is 27.3. The predicted octanol–water partition coefficient (Wildman–Crippen LogP) is 3.42. The molecule has 0 aliphatic carbocycles. The first-order valence-corrected chi connectivity index (χ1v) is 7.31. The standard InChI is InChI=1S/C16H22N2O/c1-2-3-6-10-17-15-12-7-4-5-8-14(12)18-16-13(15)9-11-19-16/h4-5,7-9,11,13,15-18H,2-3,6,10H2,1H3. The fourth-order valence-corrected chi connectivity index (χ4v) is 2.97. The fourth-order valence-electron chi connectivity index (χ4n) is 2.97. The summed E-state index contributed by atoms with van der Waals surface area (Å²) in [4.78, 5) is 0. The van der Waals surface area contributed by atoms with Crippen molar-refractivity contribution in [1.29, 1.82) is 0 Å². The quantitative estimate of drug-likeness (QED) is 0.794. The molecule has 1 aromatic rings. The largest absolute Gasteiger partial charge is 0.478 e. The first-order chi connectivity index (χ1) is 9.40. The van der Waals surface area contributed by atoms with Crippen LogP contribution in [0.15, 0.2) is 36.6 Å². The van der Waals surface area contributed by atoms with Crippen LogP contribution in [-0.2, 0) is 4.74 Å². The highest BCUT2D eigenvalue weighted by Gasteiger charge is 2.37. The molecule has 3 nitrogen and oxygen atoms in total. The topological polar surface area (TPSA) is 33.3 Å². The van der Waals surface area contributed by atoms with Gasteiger partial charge in [0.15, 0.2) is 6.23 Å². The summed E-state index contributed by atoms with van der Waals surface area (Å²) in [6.45, 7) is 3.31. The molecule has 2 N–H and O–H groups in total. The molecular formula is C16H22N2O. The van der Waals surface area contributed by atoms with Gasteiger partial charge in [-0.3, -0.25) is 0 Å². The molecule has 3 unspecified atom stereocenters. The summed E-state index contributed by atoms with van der Waals surface area (Å²) in [6, 6.07) is 8.89. The first kappa shape index (κ1) is 12.5. The van der Waals surface area contributed by atoms with Crippen molar-refractivity contribution in [3.63, 3.8) is 0 Å². The second kappa shape index (κ2) is 5.66. The van der Waals surface area contributed by atoms with E-state index in [1.54, 1.807) is 0 Å². The van der Waals surface area contributed by atoms with Gasteiger partial charge in [-0.15, -0.1) is 0 Å². The molecule has 0 spiro atoms. The molecule has 2 heterocycles. The number of nitrogens with one attached hydrogen (secondary N) is 2. The Hall–Kier alpha value is -1.48. The van der Waals surface area contributed by atoms with E-state index in [2.05, 4.69) is 47.9 Å². The van der Waals surface area contributed by atoms with Crippen molar-refractivity contribution < 1.29 is 4.74 Å². The Balaban J connectivity index is 1.76. The zero-order chi connectivity index (χ0) is 13.1. The van der Waals surface area contributed by atoms with Crippen molar-refractivity contribution >= 4 is 5.69 Å². The van der Waals surface area contributed by atoms with Crippen LogP contribution in [0.1, 0.15) is 37.8 Å². The highest BCUT2D eigenvalue weighted by atomic mass is 16.5. The molecule has 0 aromatic heterocycles. The second-order valence-corrected chi connectivity index (χ2v) is 5.33. The minimum atomic E-state index is 0.0820.